The van der Waals surface area contributed by atoms with Crippen molar-refractivity contribution < 1.29 is 17.7 Å². The standard InChI is InChI=1S/C22H34N4O4S/c1-16(2)21-23-22(30-24-21)26-11-9-25(10-12-26)18(4)8-13-29-20-7-6-19(14-17(20)3)15-31(5,27)28/h6-7,14,16,18H,8-13,15H2,1-5H3. The average molecular weight is 451 g/mol. The van der Waals surface area contributed by atoms with Crippen molar-refractivity contribution in [2.75, 3.05) is 43.9 Å². The number of aryl methyl sites for hydroxylation is 1. The molecule has 172 valence electrons. The summed E-state index contributed by atoms with van der Waals surface area (Å²) in [6, 6.07) is 6.61. The number of nitrogens with zero attached hydrogens (tertiary/aromatic N) is 4. The lowest BCUT2D eigenvalue weighted by Crippen LogP contribution is -2.50. The highest BCUT2D eigenvalue weighted by Gasteiger charge is 2.24. The van der Waals surface area contributed by atoms with Gasteiger partial charge in [0.2, 0.25) is 0 Å². The number of anilines is 1. The number of aromatic nitrogens is 2. The van der Waals surface area contributed by atoms with E-state index in [-0.39, 0.29) is 11.7 Å². The summed E-state index contributed by atoms with van der Waals surface area (Å²) < 4.78 is 34.3. The minimum Gasteiger partial charge on any atom is -0.493 e. The molecule has 1 unspecified atom stereocenters. The lowest BCUT2D eigenvalue weighted by atomic mass is 10.1. The molecule has 0 N–H and O–H groups in total. The first-order valence-electron chi connectivity index (χ1n) is 10.8. The van der Waals surface area contributed by atoms with Crippen molar-refractivity contribution in [3.63, 3.8) is 0 Å². The Kier molecular flexibility index (Phi) is 7.59. The summed E-state index contributed by atoms with van der Waals surface area (Å²) in [5.74, 6) is 1.88. The van der Waals surface area contributed by atoms with Gasteiger partial charge >= 0.3 is 6.01 Å². The van der Waals surface area contributed by atoms with E-state index in [0.29, 0.717) is 18.7 Å². The maximum absolute atomic E-state index is 11.5. The minimum atomic E-state index is -3.03. The van der Waals surface area contributed by atoms with Gasteiger partial charge < -0.3 is 14.2 Å². The summed E-state index contributed by atoms with van der Waals surface area (Å²) in [7, 11) is -3.03. The third-order valence-electron chi connectivity index (χ3n) is 5.62. The van der Waals surface area contributed by atoms with Crippen molar-refractivity contribution in [1.29, 1.82) is 0 Å². The van der Waals surface area contributed by atoms with Gasteiger partial charge in [0.05, 0.1) is 12.4 Å². The fourth-order valence-corrected chi connectivity index (χ4v) is 4.52. The van der Waals surface area contributed by atoms with Crippen LogP contribution in [0.4, 0.5) is 6.01 Å². The molecule has 31 heavy (non-hydrogen) atoms. The lowest BCUT2D eigenvalue weighted by Gasteiger charge is -2.37. The number of ether oxygens (including phenoxy) is 1. The zero-order valence-corrected chi connectivity index (χ0v) is 20.0. The van der Waals surface area contributed by atoms with Gasteiger partial charge in [0.15, 0.2) is 15.7 Å². The third kappa shape index (κ3) is 6.67. The van der Waals surface area contributed by atoms with Crippen molar-refractivity contribution in [3.8, 4) is 5.75 Å². The zero-order valence-electron chi connectivity index (χ0n) is 19.2. The summed E-state index contributed by atoms with van der Waals surface area (Å²) in [6.45, 7) is 12.5. The van der Waals surface area contributed by atoms with Crippen molar-refractivity contribution in [2.45, 2.75) is 51.8 Å². The van der Waals surface area contributed by atoms with Crippen LogP contribution in [0.25, 0.3) is 0 Å². The molecule has 8 nitrogen and oxygen atoms in total. The highest BCUT2D eigenvalue weighted by Crippen LogP contribution is 2.22. The molecule has 0 amide bonds. The second-order valence-electron chi connectivity index (χ2n) is 8.77. The zero-order chi connectivity index (χ0) is 22.6. The Morgan fingerprint density at radius 2 is 1.87 bits per heavy atom. The molecule has 1 atom stereocenters. The van der Waals surface area contributed by atoms with Gasteiger partial charge in [0.25, 0.3) is 0 Å². The molecule has 9 heteroatoms. The summed E-state index contributed by atoms with van der Waals surface area (Å²) in [5.41, 5.74) is 1.75. The van der Waals surface area contributed by atoms with Gasteiger partial charge in [0, 0.05) is 44.4 Å². The predicted octanol–water partition coefficient (Wildman–Crippen LogP) is 3.03. The topological polar surface area (TPSA) is 88.8 Å². The van der Waals surface area contributed by atoms with Crippen LogP contribution >= 0.6 is 0 Å². The van der Waals surface area contributed by atoms with Gasteiger partial charge in [0.1, 0.15) is 5.75 Å². The molecule has 0 spiro atoms. The molecule has 1 aromatic heterocycles. The van der Waals surface area contributed by atoms with Crippen LogP contribution in [-0.2, 0) is 15.6 Å². The molecule has 1 saturated heterocycles. The number of hydrogen-bond acceptors (Lipinski definition) is 8. The maximum Gasteiger partial charge on any atom is 0.324 e. The molecule has 3 rings (SSSR count). The first kappa shape index (κ1) is 23.5. The number of benzene rings is 1. The van der Waals surface area contributed by atoms with Crippen LogP contribution in [0.2, 0.25) is 0 Å². The second kappa shape index (κ2) is 9.99. The van der Waals surface area contributed by atoms with Crippen LogP contribution in [0.1, 0.15) is 50.1 Å². The molecule has 2 aromatic rings. The van der Waals surface area contributed by atoms with E-state index in [9.17, 15) is 8.42 Å². The summed E-state index contributed by atoms with van der Waals surface area (Å²) >= 11 is 0. The molecule has 0 bridgehead atoms. The van der Waals surface area contributed by atoms with Crippen LogP contribution in [0.3, 0.4) is 0 Å². The highest BCUT2D eigenvalue weighted by molar-refractivity contribution is 7.89. The van der Waals surface area contributed by atoms with E-state index < -0.39 is 9.84 Å². The SMILES string of the molecule is Cc1cc(CS(C)(=O)=O)ccc1OCCC(C)N1CCN(c2nc(C(C)C)no2)CC1. The van der Waals surface area contributed by atoms with E-state index in [2.05, 4.69) is 40.7 Å². The van der Waals surface area contributed by atoms with Crippen LogP contribution < -0.4 is 9.64 Å². The molecule has 2 heterocycles. The first-order valence-corrected chi connectivity index (χ1v) is 12.9. The fraction of sp³-hybridized carbons (Fsp3) is 0.636. The number of sulfone groups is 1. The van der Waals surface area contributed by atoms with Gasteiger partial charge in [-0.2, -0.15) is 4.98 Å². The number of rotatable bonds is 9. The average Bonchev–Trinajstić information content (AvgIpc) is 3.19. The Morgan fingerprint density at radius 1 is 1.16 bits per heavy atom. The minimum absolute atomic E-state index is 0.0551. The largest absolute Gasteiger partial charge is 0.493 e. The van der Waals surface area contributed by atoms with Crippen molar-refractivity contribution in [3.05, 3.63) is 35.2 Å². The van der Waals surface area contributed by atoms with Crippen molar-refractivity contribution >= 4 is 15.9 Å². The number of piperazine rings is 1. The second-order valence-corrected chi connectivity index (χ2v) is 10.9. The van der Waals surface area contributed by atoms with Crippen LogP contribution in [0, 0.1) is 6.92 Å². The van der Waals surface area contributed by atoms with E-state index in [1.54, 1.807) is 0 Å². The predicted molar refractivity (Wildman–Crippen MR) is 121 cm³/mol. The van der Waals surface area contributed by atoms with Gasteiger partial charge in [-0.1, -0.05) is 31.1 Å². The van der Waals surface area contributed by atoms with Gasteiger partial charge in [-0.25, -0.2) is 8.42 Å². The van der Waals surface area contributed by atoms with E-state index in [1.165, 1.54) is 6.26 Å². The van der Waals surface area contributed by atoms with Crippen LogP contribution in [0.5, 0.6) is 5.75 Å². The van der Waals surface area contributed by atoms with E-state index in [4.69, 9.17) is 9.26 Å². The van der Waals surface area contributed by atoms with E-state index in [1.807, 2.05) is 25.1 Å². The molecule has 1 fully saturated rings. The van der Waals surface area contributed by atoms with Crippen molar-refractivity contribution in [2.24, 2.45) is 0 Å². The van der Waals surface area contributed by atoms with Gasteiger partial charge in [-0.15, -0.1) is 0 Å². The fourth-order valence-electron chi connectivity index (χ4n) is 3.73. The normalized spacial score (nSPS) is 16.6. The Bertz CT molecular complexity index is 966. The molecule has 1 aliphatic heterocycles. The molecular weight excluding hydrogens is 416 g/mol. The van der Waals surface area contributed by atoms with Crippen molar-refractivity contribution in [1.82, 2.24) is 15.0 Å². The Morgan fingerprint density at radius 3 is 2.45 bits per heavy atom. The summed E-state index contributed by atoms with van der Waals surface area (Å²) in [5, 5.41) is 4.06. The number of hydrogen-bond donors (Lipinski definition) is 0. The van der Waals surface area contributed by atoms with Crippen LogP contribution in [-0.4, -0.2) is 68.5 Å². The van der Waals surface area contributed by atoms with E-state index in [0.717, 1.165) is 55.3 Å². The third-order valence-corrected chi connectivity index (χ3v) is 6.47. The smallest absolute Gasteiger partial charge is 0.324 e. The maximum atomic E-state index is 11.5. The molecule has 1 aromatic carbocycles. The molecule has 0 saturated carbocycles. The summed E-state index contributed by atoms with van der Waals surface area (Å²) in [6.07, 6.45) is 2.17. The van der Waals surface area contributed by atoms with Crippen LogP contribution in [0.15, 0.2) is 22.7 Å². The monoisotopic (exact) mass is 450 g/mol. The van der Waals surface area contributed by atoms with E-state index >= 15 is 0 Å². The molecule has 0 aliphatic carbocycles. The lowest BCUT2D eigenvalue weighted by molar-refractivity contribution is 0.163. The highest BCUT2D eigenvalue weighted by atomic mass is 32.2. The Balaban J connectivity index is 1.44. The molecule has 1 aliphatic rings. The Hall–Kier alpha value is -2.13. The van der Waals surface area contributed by atoms with Gasteiger partial charge in [-0.3, -0.25) is 4.90 Å². The molecular formula is C22H34N4O4S. The molecule has 0 radical (unpaired) electrons. The van der Waals surface area contributed by atoms with Gasteiger partial charge in [-0.05, 0) is 37.5 Å². The Labute approximate surface area is 185 Å². The first-order chi connectivity index (χ1) is 14.6. The summed E-state index contributed by atoms with van der Waals surface area (Å²) in [4.78, 5) is 9.11. The quantitative estimate of drug-likeness (QED) is 0.576.